The van der Waals surface area contributed by atoms with Gasteiger partial charge in [0.05, 0.1) is 12.2 Å². The molecule has 1 aromatic rings. The van der Waals surface area contributed by atoms with Gasteiger partial charge in [0.2, 0.25) is 10.0 Å². The van der Waals surface area contributed by atoms with Crippen molar-refractivity contribution in [3.8, 4) is 0 Å². The summed E-state index contributed by atoms with van der Waals surface area (Å²) in [5, 5.41) is 5.21. The minimum atomic E-state index is -4.03. The molecule has 2 N–H and O–H groups in total. The van der Waals surface area contributed by atoms with E-state index in [-0.39, 0.29) is 34.2 Å². The molecule has 2 atom stereocenters. The van der Waals surface area contributed by atoms with E-state index in [0.717, 1.165) is 0 Å². The van der Waals surface area contributed by atoms with Gasteiger partial charge < -0.3 is 14.1 Å². The molecule has 1 aliphatic heterocycles. The molecular formula is C13H20N2O5S. The Labute approximate surface area is 124 Å². The summed E-state index contributed by atoms with van der Waals surface area (Å²) in [5.74, 6) is -0.00333. The predicted octanol–water partition coefficient (Wildman–Crippen LogP) is 0.793. The highest BCUT2D eigenvalue weighted by atomic mass is 32.2. The molecule has 8 heteroatoms. The molecule has 2 rings (SSSR count). The molecule has 1 aliphatic rings. The SMILES string of the molecule is Cc1oc(C)c(S(N)(=O)=O)c1C(=O)N1C[C@@H](C)O[C@@H](C)C1. The molecule has 0 aromatic carbocycles. The van der Waals surface area contributed by atoms with Gasteiger partial charge in [-0.05, 0) is 27.7 Å². The number of sulfonamides is 1. The van der Waals surface area contributed by atoms with Crippen LogP contribution in [0.5, 0.6) is 0 Å². The molecule has 0 bridgehead atoms. The average Bonchev–Trinajstić information content (AvgIpc) is 2.61. The van der Waals surface area contributed by atoms with Crippen molar-refractivity contribution < 1.29 is 22.4 Å². The first-order valence-corrected chi connectivity index (χ1v) is 8.23. The van der Waals surface area contributed by atoms with E-state index >= 15 is 0 Å². The van der Waals surface area contributed by atoms with Crippen molar-refractivity contribution in [2.75, 3.05) is 13.1 Å². The molecule has 1 fully saturated rings. The second-order valence-electron chi connectivity index (χ2n) is 5.43. The maximum atomic E-state index is 12.7. The van der Waals surface area contributed by atoms with Crippen molar-refractivity contribution in [2.24, 2.45) is 5.14 Å². The van der Waals surface area contributed by atoms with E-state index in [1.54, 1.807) is 11.8 Å². The van der Waals surface area contributed by atoms with Crippen molar-refractivity contribution >= 4 is 15.9 Å². The molecule has 0 radical (unpaired) electrons. The monoisotopic (exact) mass is 316 g/mol. The third kappa shape index (κ3) is 3.12. The number of nitrogens with two attached hydrogens (primary N) is 1. The van der Waals surface area contributed by atoms with Crippen LogP contribution in [0.15, 0.2) is 9.31 Å². The third-order valence-corrected chi connectivity index (χ3v) is 4.47. The summed E-state index contributed by atoms with van der Waals surface area (Å²) in [6.45, 7) is 7.57. The quantitative estimate of drug-likeness (QED) is 0.869. The summed E-state index contributed by atoms with van der Waals surface area (Å²) in [6.07, 6.45) is -0.215. The van der Waals surface area contributed by atoms with E-state index in [4.69, 9.17) is 14.3 Å². The minimum Gasteiger partial charge on any atom is -0.464 e. The summed E-state index contributed by atoms with van der Waals surface area (Å²) in [4.78, 5) is 14.0. The van der Waals surface area contributed by atoms with Crippen LogP contribution in [0.2, 0.25) is 0 Å². The Bertz CT molecular complexity index is 654. The fraction of sp³-hybridized carbons (Fsp3) is 0.615. The standard InChI is InChI=1S/C13H20N2O5S/c1-7-5-15(6-8(2)19-7)13(16)11-9(3)20-10(4)12(11)21(14,17)18/h7-8H,5-6H2,1-4H3,(H2,14,17,18)/t7-,8+. The molecule has 0 saturated carbocycles. The lowest BCUT2D eigenvalue weighted by Gasteiger charge is -2.35. The molecular weight excluding hydrogens is 296 g/mol. The van der Waals surface area contributed by atoms with Gasteiger partial charge in [-0.1, -0.05) is 0 Å². The maximum absolute atomic E-state index is 12.7. The number of furan rings is 1. The van der Waals surface area contributed by atoms with Crippen LogP contribution in [0.3, 0.4) is 0 Å². The summed E-state index contributed by atoms with van der Waals surface area (Å²) >= 11 is 0. The van der Waals surface area contributed by atoms with Gasteiger partial charge in [-0.3, -0.25) is 4.79 Å². The lowest BCUT2D eigenvalue weighted by Crippen LogP contribution is -2.48. The molecule has 2 heterocycles. The lowest BCUT2D eigenvalue weighted by molar-refractivity contribution is -0.0587. The molecule has 7 nitrogen and oxygen atoms in total. The van der Waals surface area contributed by atoms with Crippen LogP contribution in [0, 0.1) is 13.8 Å². The molecule has 0 unspecified atom stereocenters. The van der Waals surface area contributed by atoms with E-state index in [1.165, 1.54) is 6.92 Å². The Hall–Kier alpha value is -1.38. The van der Waals surface area contributed by atoms with Crippen LogP contribution < -0.4 is 5.14 Å². The van der Waals surface area contributed by atoms with Gasteiger partial charge >= 0.3 is 0 Å². The van der Waals surface area contributed by atoms with Gasteiger partial charge in [-0.25, -0.2) is 13.6 Å². The van der Waals surface area contributed by atoms with E-state index < -0.39 is 15.9 Å². The van der Waals surface area contributed by atoms with Crippen LogP contribution in [-0.2, 0) is 14.8 Å². The van der Waals surface area contributed by atoms with Crippen LogP contribution in [0.1, 0.15) is 35.7 Å². The summed E-state index contributed by atoms with van der Waals surface area (Å²) in [5.41, 5.74) is 0.0244. The van der Waals surface area contributed by atoms with Gasteiger partial charge in [0.1, 0.15) is 22.0 Å². The fourth-order valence-electron chi connectivity index (χ4n) is 2.76. The maximum Gasteiger partial charge on any atom is 0.258 e. The first-order valence-electron chi connectivity index (χ1n) is 6.68. The fourth-order valence-corrected chi connectivity index (χ4v) is 3.71. The number of morpholine rings is 1. The van der Waals surface area contributed by atoms with Crippen LogP contribution in [-0.4, -0.2) is 44.5 Å². The van der Waals surface area contributed by atoms with Crippen molar-refractivity contribution in [3.63, 3.8) is 0 Å². The predicted molar refractivity (Wildman–Crippen MR) is 75.5 cm³/mol. The molecule has 21 heavy (non-hydrogen) atoms. The van der Waals surface area contributed by atoms with Gasteiger partial charge in [-0.15, -0.1) is 0 Å². The average molecular weight is 316 g/mol. The number of hydrogen-bond donors (Lipinski definition) is 1. The number of aryl methyl sites for hydroxylation is 2. The Morgan fingerprint density at radius 2 is 1.71 bits per heavy atom. The Kier molecular flexibility index (Phi) is 4.14. The van der Waals surface area contributed by atoms with Crippen LogP contribution in [0.25, 0.3) is 0 Å². The van der Waals surface area contributed by atoms with E-state index in [0.29, 0.717) is 13.1 Å². The van der Waals surface area contributed by atoms with Gasteiger partial charge in [0, 0.05) is 13.1 Å². The first-order chi connectivity index (χ1) is 9.61. The minimum absolute atomic E-state index is 0.0244. The first kappa shape index (κ1) is 16.0. The zero-order valence-electron chi connectivity index (χ0n) is 12.5. The number of amides is 1. The molecule has 1 aromatic heterocycles. The van der Waals surface area contributed by atoms with Crippen molar-refractivity contribution in [1.29, 1.82) is 0 Å². The zero-order chi connectivity index (χ0) is 15.9. The number of primary sulfonamides is 1. The smallest absolute Gasteiger partial charge is 0.258 e. The number of hydrogen-bond acceptors (Lipinski definition) is 5. The number of carbonyl (C=O) groups is 1. The van der Waals surface area contributed by atoms with E-state index in [9.17, 15) is 13.2 Å². The summed E-state index contributed by atoms with van der Waals surface area (Å²) < 4.78 is 34.3. The second kappa shape index (κ2) is 5.43. The Balaban J connectivity index is 2.45. The molecule has 118 valence electrons. The van der Waals surface area contributed by atoms with Crippen molar-refractivity contribution in [1.82, 2.24) is 4.90 Å². The Morgan fingerprint density at radius 1 is 1.19 bits per heavy atom. The number of ether oxygens (including phenoxy) is 1. The highest BCUT2D eigenvalue weighted by Crippen LogP contribution is 2.27. The summed E-state index contributed by atoms with van der Waals surface area (Å²) in [6, 6.07) is 0. The largest absolute Gasteiger partial charge is 0.464 e. The van der Waals surface area contributed by atoms with Gasteiger partial charge in [0.15, 0.2) is 0 Å². The van der Waals surface area contributed by atoms with Gasteiger partial charge in [-0.2, -0.15) is 0 Å². The van der Waals surface area contributed by atoms with Crippen LogP contribution in [0.4, 0.5) is 0 Å². The number of rotatable bonds is 2. The molecule has 1 amide bonds. The molecule has 0 spiro atoms. The van der Waals surface area contributed by atoms with Crippen LogP contribution >= 0.6 is 0 Å². The molecule has 0 aliphatic carbocycles. The highest BCUT2D eigenvalue weighted by molar-refractivity contribution is 7.89. The zero-order valence-corrected chi connectivity index (χ0v) is 13.4. The van der Waals surface area contributed by atoms with Crippen molar-refractivity contribution in [2.45, 2.75) is 44.8 Å². The molecule has 1 saturated heterocycles. The third-order valence-electron chi connectivity index (χ3n) is 3.41. The van der Waals surface area contributed by atoms with Gasteiger partial charge in [0.25, 0.3) is 5.91 Å². The second-order valence-corrected chi connectivity index (χ2v) is 6.93. The number of carbonyl (C=O) groups excluding carboxylic acids is 1. The van der Waals surface area contributed by atoms with Crippen molar-refractivity contribution in [3.05, 3.63) is 17.1 Å². The normalized spacial score (nSPS) is 23.4. The Morgan fingerprint density at radius 3 is 2.19 bits per heavy atom. The summed E-state index contributed by atoms with van der Waals surface area (Å²) in [7, 11) is -4.03. The number of nitrogens with zero attached hydrogens (tertiary/aromatic N) is 1. The van der Waals surface area contributed by atoms with E-state index in [1.807, 2.05) is 13.8 Å². The highest BCUT2D eigenvalue weighted by Gasteiger charge is 2.34. The topological polar surface area (TPSA) is 103 Å². The van der Waals surface area contributed by atoms with E-state index in [2.05, 4.69) is 0 Å². The lowest BCUT2D eigenvalue weighted by atomic mass is 10.1.